The van der Waals surface area contributed by atoms with Gasteiger partial charge in [0, 0.05) is 36.3 Å². The Morgan fingerprint density at radius 2 is 1.77 bits per heavy atom. The van der Waals surface area contributed by atoms with Crippen molar-refractivity contribution in [2.24, 2.45) is 0 Å². The Labute approximate surface area is 226 Å². The average Bonchev–Trinajstić information content (AvgIpc) is 3.55. The van der Waals surface area contributed by atoms with Gasteiger partial charge in [-0.2, -0.15) is 0 Å². The van der Waals surface area contributed by atoms with Gasteiger partial charge in [0.05, 0.1) is 32.8 Å². The molecule has 39 heavy (non-hydrogen) atoms. The Morgan fingerprint density at radius 1 is 0.974 bits per heavy atom. The number of hydrogen-bond acceptors (Lipinski definition) is 6. The molecule has 2 N–H and O–H groups in total. The number of thiophene rings is 1. The second kappa shape index (κ2) is 11.0. The number of anilines is 2. The SMILES string of the molecule is CC(C)n1cnc(-c2cc3nccc(Oc4ccc(NC(=O)CC(=O)Nc5ccccc5F)cc4F)c3s2)c1. The van der Waals surface area contributed by atoms with Gasteiger partial charge in [-0.3, -0.25) is 14.6 Å². The lowest BCUT2D eigenvalue weighted by molar-refractivity contribution is -0.123. The minimum Gasteiger partial charge on any atom is -0.453 e. The predicted molar refractivity (Wildman–Crippen MR) is 146 cm³/mol. The molecule has 0 radical (unpaired) electrons. The first-order chi connectivity index (χ1) is 18.8. The van der Waals surface area contributed by atoms with Gasteiger partial charge in [0.25, 0.3) is 0 Å². The molecular weight excluding hydrogens is 524 g/mol. The van der Waals surface area contributed by atoms with Crippen molar-refractivity contribution in [2.75, 3.05) is 10.6 Å². The minimum absolute atomic E-state index is 0.0313. The molecule has 0 spiro atoms. The summed E-state index contributed by atoms with van der Waals surface area (Å²) in [7, 11) is 0. The van der Waals surface area contributed by atoms with E-state index in [4.69, 9.17) is 4.74 Å². The lowest BCUT2D eigenvalue weighted by Gasteiger charge is -2.10. The predicted octanol–water partition coefficient (Wildman–Crippen LogP) is 6.78. The van der Waals surface area contributed by atoms with Crippen LogP contribution in [0, 0.1) is 11.6 Å². The molecule has 0 unspecified atom stereocenters. The number of carbonyl (C=O) groups excluding carboxylic acids is 2. The first-order valence-corrected chi connectivity index (χ1v) is 12.8. The molecule has 5 aromatic rings. The molecule has 2 amide bonds. The van der Waals surface area contributed by atoms with Crippen molar-refractivity contribution < 1.29 is 23.1 Å². The van der Waals surface area contributed by atoms with Gasteiger partial charge >= 0.3 is 0 Å². The zero-order valence-corrected chi connectivity index (χ0v) is 21.8. The number of benzene rings is 2. The molecule has 0 fully saturated rings. The third-order valence-electron chi connectivity index (χ3n) is 5.73. The fourth-order valence-electron chi connectivity index (χ4n) is 3.76. The summed E-state index contributed by atoms with van der Waals surface area (Å²) in [5, 5.41) is 4.79. The number of carbonyl (C=O) groups is 2. The number of pyridine rings is 1. The molecule has 0 saturated heterocycles. The number of rotatable bonds is 8. The lowest BCUT2D eigenvalue weighted by atomic mass is 10.2. The maximum atomic E-state index is 14.9. The van der Waals surface area contributed by atoms with Gasteiger partial charge in [0.1, 0.15) is 18.0 Å². The van der Waals surface area contributed by atoms with Crippen LogP contribution in [0.5, 0.6) is 11.5 Å². The number of aromatic nitrogens is 3. The second-order valence-electron chi connectivity index (χ2n) is 8.93. The highest BCUT2D eigenvalue weighted by Crippen LogP contribution is 2.39. The number of para-hydroxylation sites is 1. The number of imidazole rings is 1. The lowest BCUT2D eigenvalue weighted by Crippen LogP contribution is -2.21. The largest absolute Gasteiger partial charge is 0.453 e. The molecule has 0 aliphatic carbocycles. The van der Waals surface area contributed by atoms with E-state index in [9.17, 15) is 18.4 Å². The standard InChI is InChI=1S/C28H23F2N5O3S/c1-16(2)35-14-22(32-15-35)25-12-21-28(39-25)24(9-10-31-21)38-23-8-7-17(11-19(23)30)33-26(36)13-27(37)34-20-6-4-3-5-18(20)29/h3-12,14-16H,13H2,1-2H3,(H,33,36)(H,34,37). The van der Waals surface area contributed by atoms with Crippen LogP contribution in [-0.4, -0.2) is 26.3 Å². The Balaban J connectivity index is 1.26. The number of halogens is 2. The Hall–Kier alpha value is -4.64. The van der Waals surface area contributed by atoms with E-state index >= 15 is 0 Å². The Morgan fingerprint density at radius 3 is 2.51 bits per heavy atom. The minimum atomic E-state index is -0.707. The van der Waals surface area contributed by atoms with Crippen molar-refractivity contribution in [3.8, 4) is 22.1 Å². The van der Waals surface area contributed by atoms with E-state index in [0.717, 1.165) is 21.3 Å². The van der Waals surface area contributed by atoms with E-state index in [1.807, 2.05) is 16.8 Å². The number of fused-ring (bicyclic) bond motifs is 1. The smallest absolute Gasteiger partial charge is 0.233 e. The van der Waals surface area contributed by atoms with E-state index in [0.29, 0.717) is 11.3 Å². The zero-order valence-electron chi connectivity index (χ0n) is 20.9. The molecule has 8 nitrogen and oxygen atoms in total. The first kappa shape index (κ1) is 26.0. The topological polar surface area (TPSA) is 98.1 Å². The van der Waals surface area contributed by atoms with Gasteiger partial charge in [0.15, 0.2) is 11.6 Å². The van der Waals surface area contributed by atoms with Crippen molar-refractivity contribution >= 4 is 44.7 Å². The van der Waals surface area contributed by atoms with E-state index in [2.05, 4.69) is 34.4 Å². The quantitative estimate of drug-likeness (QED) is 0.209. The Kier molecular flexibility index (Phi) is 7.33. The van der Waals surface area contributed by atoms with Crippen LogP contribution in [0.3, 0.4) is 0 Å². The van der Waals surface area contributed by atoms with E-state index in [1.165, 1.54) is 41.7 Å². The molecule has 0 aliphatic rings. The highest BCUT2D eigenvalue weighted by Gasteiger charge is 2.16. The molecule has 198 valence electrons. The summed E-state index contributed by atoms with van der Waals surface area (Å²) in [4.78, 5) is 34.1. The van der Waals surface area contributed by atoms with Crippen LogP contribution in [0.1, 0.15) is 26.3 Å². The van der Waals surface area contributed by atoms with E-state index in [1.54, 1.807) is 24.7 Å². The summed E-state index contributed by atoms with van der Waals surface area (Å²) in [6.45, 7) is 4.14. The van der Waals surface area contributed by atoms with Crippen molar-refractivity contribution in [1.82, 2.24) is 14.5 Å². The molecule has 11 heteroatoms. The summed E-state index contributed by atoms with van der Waals surface area (Å²) < 4.78 is 37.2. The normalized spacial score (nSPS) is 11.1. The number of ether oxygens (including phenoxy) is 1. The highest BCUT2D eigenvalue weighted by molar-refractivity contribution is 7.22. The maximum absolute atomic E-state index is 14.9. The Bertz CT molecular complexity index is 1680. The van der Waals surface area contributed by atoms with Gasteiger partial charge in [-0.15, -0.1) is 11.3 Å². The summed E-state index contributed by atoms with van der Waals surface area (Å²) in [5.41, 5.74) is 1.62. The molecule has 0 bridgehead atoms. The summed E-state index contributed by atoms with van der Waals surface area (Å²) >= 11 is 1.44. The monoisotopic (exact) mass is 547 g/mol. The second-order valence-corrected chi connectivity index (χ2v) is 9.99. The van der Waals surface area contributed by atoms with Crippen LogP contribution in [-0.2, 0) is 9.59 Å². The third kappa shape index (κ3) is 5.93. The van der Waals surface area contributed by atoms with E-state index < -0.39 is 29.9 Å². The average molecular weight is 548 g/mol. The molecule has 3 aromatic heterocycles. The van der Waals surface area contributed by atoms with Crippen LogP contribution < -0.4 is 15.4 Å². The number of nitrogens with zero attached hydrogens (tertiary/aromatic N) is 3. The molecule has 0 atom stereocenters. The third-order valence-corrected chi connectivity index (χ3v) is 6.89. The molecular formula is C28H23F2N5O3S. The van der Waals surface area contributed by atoms with Gasteiger partial charge in [-0.25, -0.2) is 13.8 Å². The van der Waals surface area contributed by atoms with Gasteiger partial charge in [-0.05, 0) is 44.2 Å². The molecule has 3 heterocycles. The zero-order chi connectivity index (χ0) is 27.5. The van der Waals surface area contributed by atoms with Crippen LogP contribution in [0.15, 0.2) is 73.3 Å². The fraction of sp³-hybridized carbons (Fsp3) is 0.143. The molecule has 5 rings (SSSR count). The van der Waals surface area contributed by atoms with Crippen LogP contribution in [0.2, 0.25) is 0 Å². The number of amides is 2. The highest BCUT2D eigenvalue weighted by atomic mass is 32.1. The maximum Gasteiger partial charge on any atom is 0.233 e. The number of hydrogen-bond donors (Lipinski definition) is 2. The van der Waals surface area contributed by atoms with Crippen LogP contribution in [0.25, 0.3) is 20.8 Å². The first-order valence-electron chi connectivity index (χ1n) is 12.0. The van der Waals surface area contributed by atoms with Crippen LogP contribution in [0.4, 0.5) is 20.2 Å². The van der Waals surface area contributed by atoms with Gasteiger partial charge < -0.3 is 19.9 Å². The molecule has 0 saturated carbocycles. The van der Waals surface area contributed by atoms with Crippen molar-refractivity contribution in [1.29, 1.82) is 0 Å². The summed E-state index contributed by atoms with van der Waals surface area (Å²) in [5.74, 6) is -2.32. The van der Waals surface area contributed by atoms with Crippen molar-refractivity contribution in [3.63, 3.8) is 0 Å². The van der Waals surface area contributed by atoms with Crippen molar-refractivity contribution in [3.05, 3.63) is 85.0 Å². The fourth-order valence-corrected chi connectivity index (χ4v) is 4.78. The van der Waals surface area contributed by atoms with Gasteiger partial charge in [0.2, 0.25) is 11.8 Å². The molecule has 0 aliphatic heterocycles. The summed E-state index contributed by atoms with van der Waals surface area (Å²) in [6, 6.07) is 13.4. The van der Waals surface area contributed by atoms with Gasteiger partial charge in [-0.1, -0.05) is 12.1 Å². The summed E-state index contributed by atoms with van der Waals surface area (Å²) in [6.07, 6.45) is 4.76. The molecule has 2 aromatic carbocycles. The van der Waals surface area contributed by atoms with Crippen molar-refractivity contribution in [2.45, 2.75) is 26.3 Å². The van der Waals surface area contributed by atoms with Crippen LogP contribution >= 0.6 is 11.3 Å². The number of nitrogens with one attached hydrogen (secondary N) is 2. The van der Waals surface area contributed by atoms with E-state index in [-0.39, 0.29) is 23.2 Å².